The number of benzene rings is 1. The molecule has 0 saturated heterocycles. The highest BCUT2D eigenvalue weighted by Gasteiger charge is 2.31. The van der Waals surface area contributed by atoms with Gasteiger partial charge in [-0.15, -0.1) is 10.2 Å². The molecule has 0 saturated carbocycles. The quantitative estimate of drug-likeness (QED) is 0.610. The van der Waals surface area contributed by atoms with Gasteiger partial charge in [-0.25, -0.2) is 12.8 Å². The summed E-state index contributed by atoms with van der Waals surface area (Å²) in [5, 5.41) is 12.5. The summed E-state index contributed by atoms with van der Waals surface area (Å²) in [5.74, 6) is 1.39. The fourth-order valence-corrected chi connectivity index (χ4v) is 5.80. The van der Waals surface area contributed by atoms with Crippen LogP contribution in [0.4, 0.5) is 4.39 Å². The highest BCUT2D eigenvalue weighted by Crippen LogP contribution is 2.26. The van der Waals surface area contributed by atoms with Crippen LogP contribution < -0.4 is 0 Å². The third-order valence-electron chi connectivity index (χ3n) is 5.62. The van der Waals surface area contributed by atoms with Crippen molar-refractivity contribution in [3.63, 3.8) is 0 Å². The summed E-state index contributed by atoms with van der Waals surface area (Å²) in [7, 11) is -3.73. The molecular weight excluding hydrogens is 421 g/mol. The van der Waals surface area contributed by atoms with Crippen molar-refractivity contribution in [2.75, 3.05) is 13.1 Å². The molecule has 0 fully saturated rings. The van der Waals surface area contributed by atoms with E-state index < -0.39 is 10.0 Å². The molecule has 0 bridgehead atoms. The highest BCUT2D eigenvalue weighted by atomic mass is 32.2. The van der Waals surface area contributed by atoms with Gasteiger partial charge in [-0.2, -0.15) is 4.31 Å². The molecule has 10 heteroatoms. The van der Waals surface area contributed by atoms with Crippen LogP contribution in [0.3, 0.4) is 0 Å². The van der Waals surface area contributed by atoms with Crippen molar-refractivity contribution in [3.8, 4) is 11.4 Å². The molecule has 0 radical (unpaired) electrons. The third kappa shape index (κ3) is 4.40. The molecule has 1 aliphatic rings. The summed E-state index contributed by atoms with van der Waals surface area (Å²) in [5.41, 5.74) is 1.16. The number of halogens is 1. The Kier molecular flexibility index (Phi) is 6.19. The van der Waals surface area contributed by atoms with Gasteiger partial charge < -0.3 is 9.09 Å². The first-order valence-corrected chi connectivity index (χ1v) is 11.9. The van der Waals surface area contributed by atoms with Gasteiger partial charge >= 0.3 is 0 Å². The average Bonchev–Trinajstić information content (AvgIpc) is 3.28. The van der Waals surface area contributed by atoms with E-state index in [9.17, 15) is 12.8 Å². The molecule has 0 N–H and O–H groups in total. The Hall–Kier alpha value is -2.59. The van der Waals surface area contributed by atoms with Crippen molar-refractivity contribution in [1.82, 2.24) is 24.2 Å². The first-order chi connectivity index (χ1) is 14.9. The molecule has 0 amide bonds. The molecule has 0 spiro atoms. The number of aromatic nitrogens is 4. The average molecular weight is 448 g/mol. The number of fused-ring (bicyclic) bond motifs is 1. The fraction of sp³-hybridized carbons (Fsp3) is 0.476. The zero-order valence-corrected chi connectivity index (χ0v) is 18.5. The number of sulfonamides is 1. The van der Waals surface area contributed by atoms with E-state index in [1.807, 2.05) is 4.57 Å². The number of nitrogens with zero attached hydrogens (tertiary/aromatic N) is 5. The SMILES string of the molecule is Cc1noc(C)c1S(=O)(=O)N1CCCCCCn2c(nnc2-c2ccc(F)cc2)CC1. The van der Waals surface area contributed by atoms with Gasteiger partial charge in [0.25, 0.3) is 0 Å². The Morgan fingerprint density at radius 1 is 0.968 bits per heavy atom. The van der Waals surface area contributed by atoms with Crippen LogP contribution in [0.5, 0.6) is 0 Å². The second-order valence-corrected chi connectivity index (χ2v) is 9.69. The summed E-state index contributed by atoms with van der Waals surface area (Å²) in [6.07, 6.45) is 4.05. The summed E-state index contributed by atoms with van der Waals surface area (Å²) in [6, 6.07) is 6.18. The maximum atomic E-state index is 13.4. The van der Waals surface area contributed by atoms with E-state index in [-0.39, 0.29) is 17.3 Å². The Labute approximate surface area is 181 Å². The van der Waals surface area contributed by atoms with E-state index in [4.69, 9.17) is 4.52 Å². The lowest BCUT2D eigenvalue weighted by Crippen LogP contribution is -2.34. The Balaban J connectivity index is 1.65. The molecule has 166 valence electrons. The van der Waals surface area contributed by atoms with Crippen molar-refractivity contribution < 1.29 is 17.3 Å². The van der Waals surface area contributed by atoms with Crippen LogP contribution in [0.15, 0.2) is 33.7 Å². The minimum Gasteiger partial charge on any atom is -0.360 e. The van der Waals surface area contributed by atoms with E-state index in [1.54, 1.807) is 26.0 Å². The summed E-state index contributed by atoms with van der Waals surface area (Å²) < 4.78 is 48.7. The van der Waals surface area contributed by atoms with E-state index in [0.29, 0.717) is 30.2 Å². The molecule has 4 rings (SSSR count). The maximum absolute atomic E-state index is 13.4. The van der Waals surface area contributed by atoms with Gasteiger partial charge in [-0.1, -0.05) is 18.0 Å². The van der Waals surface area contributed by atoms with E-state index in [0.717, 1.165) is 43.6 Å². The molecule has 31 heavy (non-hydrogen) atoms. The normalized spacial score (nSPS) is 16.6. The first-order valence-electron chi connectivity index (χ1n) is 10.5. The second-order valence-electron chi connectivity index (χ2n) is 7.82. The van der Waals surface area contributed by atoms with Crippen LogP contribution in [-0.4, -0.2) is 45.7 Å². The van der Waals surface area contributed by atoms with Gasteiger partial charge in [0, 0.05) is 31.6 Å². The molecule has 0 aliphatic carbocycles. The lowest BCUT2D eigenvalue weighted by atomic mass is 10.2. The number of rotatable bonds is 3. The summed E-state index contributed by atoms with van der Waals surface area (Å²) in [4.78, 5) is 0.149. The second kappa shape index (κ2) is 8.88. The van der Waals surface area contributed by atoms with Crippen LogP contribution in [0.25, 0.3) is 11.4 Å². The van der Waals surface area contributed by atoms with Crippen molar-refractivity contribution in [2.45, 2.75) is 57.4 Å². The largest absolute Gasteiger partial charge is 0.360 e. The van der Waals surface area contributed by atoms with Crippen LogP contribution in [0.2, 0.25) is 0 Å². The van der Waals surface area contributed by atoms with E-state index in [2.05, 4.69) is 15.4 Å². The Morgan fingerprint density at radius 2 is 1.68 bits per heavy atom. The van der Waals surface area contributed by atoms with E-state index >= 15 is 0 Å². The lowest BCUT2D eigenvalue weighted by Gasteiger charge is -2.21. The molecule has 0 unspecified atom stereocenters. The highest BCUT2D eigenvalue weighted by molar-refractivity contribution is 7.89. The fourth-order valence-electron chi connectivity index (χ4n) is 4.03. The van der Waals surface area contributed by atoms with E-state index in [1.165, 1.54) is 16.4 Å². The number of hydrogen-bond donors (Lipinski definition) is 0. The maximum Gasteiger partial charge on any atom is 0.248 e. The predicted octanol–water partition coefficient (Wildman–Crippen LogP) is 3.50. The summed E-state index contributed by atoms with van der Waals surface area (Å²) in [6.45, 7) is 4.72. The third-order valence-corrected chi connectivity index (χ3v) is 7.76. The molecule has 8 nitrogen and oxygen atoms in total. The van der Waals surface area contributed by atoms with Crippen LogP contribution in [-0.2, 0) is 23.0 Å². The van der Waals surface area contributed by atoms with Crippen LogP contribution in [0.1, 0.15) is 43.0 Å². The van der Waals surface area contributed by atoms with Crippen molar-refractivity contribution >= 4 is 10.0 Å². The first kappa shape index (κ1) is 21.6. The lowest BCUT2D eigenvalue weighted by molar-refractivity contribution is 0.385. The minimum absolute atomic E-state index is 0.149. The van der Waals surface area contributed by atoms with Gasteiger partial charge in [-0.05, 0) is 51.0 Å². The van der Waals surface area contributed by atoms with Gasteiger partial charge in [0.05, 0.1) is 0 Å². The Morgan fingerprint density at radius 3 is 2.35 bits per heavy atom. The molecule has 2 aromatic heterocycles. The zero-order valence-electron chi connectivity index (χ0n) is 17.7. The molecule has 1 aliphatic heterocycles. The number of hydrogen-bond acceptors (Lipinski definition) is 6. The van der Waals surface area contributed by atoms with Gasteiger partial charge in [0.2, 0.25) is 10.0 Å². The number of aryl methyl sites for hydroxylation is 2. The zero-order chi connectivity index (χ0) is 22.0. The van der Waals surface area contributed by atoms with Crippen molar-refractivity contribution in [1.29, 1.82) is 0 Å². The van der Waals surface area contributed by atoms with Crippen LogP contribution >= 0.6 is 0 Å². The standard InChI is InChI=1S/C21H26FN5O3S/c1-15-20(16(2)30-25-15)31(28,29)26-12-5-3-4-6-13-27-19(11-14-26)23-24-21(27)17-7-9-18(22)10-8-17/h7-10H,3-6,11-14H2,1-2H3. The van der Waals surface area contributed by atoms with Gasteiger partial charge in [0.15, 0.2) is 11.6 Å². The molecule has 3 heterocycles. The monoisotopic (exact) mass is 447 g/mol. The molecule has 3 aromatic rings. The molecule has 0 atom stereocenters. The minimum atomic E-state index is -3.73. The summed E-state index contributed by atoms with van der Waals surface area (Å²) >= 11 is 0. The molecule has 1 aromatic carbocycles. The van der Waals surface area contributed by atoms with Crippen molar-refractivity contribution in [3.05, 3.63) is 47.4 Å². The molecular formula is C21H26FN5O3S. The predicted molar refractivity (Wildman–Crippen MR) is 112 cm³/mol. The van der Waals surface area contributed by atoms with Gasteiger partial charge in [0.1, 0.15) is 22.2 Å². The topological polar surface area (TPSA) is 94.1 Å². The van der Waals surface area contributed by atoms with Crippen molar-refractivity contribution in [2.24, 2.45) is 0 Å². The Bertz CT molecular complexity index is 1130. The van der Waals surface area contributed by atoms with Gasteiger partial charge in [-0.3, -0.25) is 0 Å². The smallest absolute Gasteiger partial charge is 0.248 e. The van der Waals surface area contributed by atoms with Crippen LogP contribution in [0, 0.1) is 19.7 Å².